The molecule has 5 N–H and O–H groups in total. The van der Waals surface area contributed by atoms with Crippen LogP contribution in [0.25, 0.3) is 11.4 Å². The number of fused-ring (bicyclic) bond motifs is 14. The number of nitrogens with one attached hydrogen (secondary N) is 4. The first-order valence-corrected chi connectivity index (χ1v) is 15.1. The molecule has 0 unspecified atom stereocenters. The Bertz CT molecular complexity index is 1780. The highest BCUT2D eigenvalue weighted by atomic mass is 19.2. The molecule has 0 saturated carbocycles. The van der Waals surface area contributed by atoms with E-state index in [1.165, 1.54) is 4.68 Å². The fourth-order valence-electron chi connectivity index (χ4n) is 4.94. The molecular weight excluding hydrogens is 628 g/mol. The summed E-state index contributed by atoms with van der Waals surface area (Å²) in [6.45, 7) is 0.914. The van der Waals surface area contributed by atoms with Crippen molar-refractivity contribution in [2.75, 3.05) is 19.8 Å². The number of nitrogens with zero attached hydrogens (tertiary/aromatic N) is 3. The lowest BCUT2D eigenvalue weighted by molar-refractivity contribution is -0.131. The summed E-state index contributed by atoms with van der Waals surface area (Å²) < 4.78 is 34.4. The summed E-state index contributed by atoms with van der Waals surface area (Å²) >= 11 is 0. The molecule has 6 rings (SSSR count). The van der Waals surface area contributed by atoms with E-state index in [0.29, 0.717) is 28.8 Å². The van der Waals surface area contributed by atoms with Crippen LogP contribution >= 0.6 is 0 Å². The largest absolute Gasteiger partial charge is 0.492 e. The number of rotatable bonds is 4. The summed E-state index contributed by atoms with van der Waals surface area (Å²) in [4.78, 5) is 57.3. The van der Waals surface area contributed by atoms with Crippen LogP contribution in [0.4, 0.5) is 8.78 Å². The number of carbonyl (C=O) groups excluding carboxylic acids is 4. The zero-order valence-electron chi connectivity index (χ0n) is 25.8. The minimum Gasteiger partial charge on any atom is -0.492 e. The van der Waals surface area contributed by atoms with Gasteiger partial charge in [0, 0.05) is 17.5 Å². The van der Waals surface area contributed by atoms with Crippen molar-refractivity contribution in [1.29, 1.82) is 0 Å². The van der Waals surface area contributed by atoms with Gasteiger partial charge in [-0.2, -0.15) is 5.10 Å². The first-order chi connectivity index (χ1) is 23.1. The number of benzene rings is 3. The number of aliphatic hydroxyl groups is 1. The predicted octanol–water partition coefficient (Wildman–Crippen LogP) is 1.43. The second kappa shape index (κ2) is 15.3. The van der Waals surface area contributed by atoms with Crippen LogP contribution in [0, 0.1) is 11.6 Å². The molecular formula is C33H33F2N7O6. The Balaban J connectivity index is 1.43. The first kappa shape index (κ1) is 33.7. The number of halogens is 2. The van der Waals surface area contributed by atoms with Crippen molar-refractivity contribution < 1.29 is 37.8 Å². The van der Waals surface area contributed by atoms with Crippen LogP contribution < -0.4 is 26.0 Å². The Hall–Kier alpha value is -5.70. The second-order valence-electron chi connectivity index (χ2n) is 11.0. The first-order valence-electron chi connectivity index (χ1n) is 15.1. The van der Waals surface area contributed by atoms with Gasteiger partial charge in [0.05, 0.1) is 19.2 Å². The molecule has 3 heterocycles. The highest BCUT2D eigenvalue weighted by Crippen LogP contribution is 2.20. The Morgan fingerprint density at radius 2 is 1.75 bits per heavy atom. The zero-order valence-corrected chi connectivity index (χ0v) is 25.8. The van der Waals surface area contributed by atoms with Crippen molar-refractivity contribution >= 4 is 23.6 Å². The van der Waals surface area contributed by atoms with E-state index in [-0.39, 0.29) is 43.4 Å². The molecule has 4 amide bonds. The third-order valence-electron chi connectivity index (χ3n) is 7.45. The molecule has 48 heavy (non-hydrogen) atoms. The number of amides is 4. The normalized spacial score (nSPS) is 19.2. The van der Waals surface area contributed by atoms with Crippen LogP contribution in [0.5, 0.6) is 5.75 Å². The summed E-state index contributed by atoms with van der Waals surface area (Å²) in [6.07, 6.45) is -0.0703. The van der Waals surface area contributed by atoms with Gasteiger partial charge in [-0.3, -0.25) is 19.2 Å². The fourth-order valence-corrected chi connectivity index (χ4v) is 4.94. The van der Waals surface area contributed by atoms with Crippen LogP contribution in [0.1, 0.15) is 34.7 Å². The maximum absolute atomic E-state index is 13.9. The number of aromatic nitrogens is 3. The van der Waals surface area contributed by atoms with E-state index in [0.717, 1.165) is 12.1 Å². The quantitative estimate of drug-likeness (QED) is 0.218. The van der Waals surface area contributed by atoms with E-state index in [1.807, 2.05) is 6.07 Å². The SMILES string of the molecule is C[C@@H]1NC(=O)[C@H](CO)NC(=O)[C@@H](NC(=O)c2ccc(F)c(F)c2)Cc2ccc(cc2)OCCNC(=O)Cn2nc(-c3ccccc3)nc21. The van der Waals surface area contributed by atoms with E-state index in [9.17, 15) is 33.1 Å². The van der Waals surface area contributed by atoms with Gasteiger partial charge in [0.15, 0.2) is 17.5 Å². The average Bonchev–Trinajstić information content (AvgIpc) is 3.50. The van der Waals surface area contributed by atoms with Crippen molar-refractivity contribution in [3.8, 4) is 17.1 Å². The minimum atomic E-state index is -1.46. The van der Waals surface area contributed by atoms with E-state index < -0.39 is 54.1 Å². The molecule has 3 aromatic carbocycles. The summed E-state index contributed by atoms with van der Waals surface area (Å²) in [7, 11) is 0. The molecule has 0 spiro atoms. The molecule has 15 heteroatoms. The summed E-state index contributed by atoms with van der Waals surface area (Å²) in [5, 5.41) is 25.0. The van der Waals surface area contributed by atoms with Gasteiger partial charge in [-0.1, -0.05) is 42.5 Å². The van der Waals surface area contributed by atoms with Crippen LogP contribution in [-0.4, -0.2) is 75.3 Å². The molecule has 250 valence electrons. The molecule has 1 aromatic heterocycles. The van der Waals surface area contributed by atoms with Gasteiger partial charge >= 0.3 is 0 Å². The van der Waals surface area contributed by atoms with E-state index in [1.54, 1.807) is 55.5 Å². The smallest absolute Gasteiger partial charge is 0.252 e. The van der Waals surface area contributed by atoms with Gasteiger partial charge in [0.2, 0.25) is 17.7 Å². The van der Waals surface area contributed by atoms with Crippen molar-refractivity contribution in [2.24, 2.45) is 0 Å². The van der Waals surface area contributed by atoms with Gasteiger partial charge in [0.25, 0.3) is 5.91 Å². The third-order valence-corrected chi connectivity index (χ3v) is 7.45. The van der Waals surface area contributed by atoms with Crippen molar-refractivity contribution in [1.82, 2.24) is 36.0 Å². The van der Waals surface area contributed by atoms with Crippen molar-refractivity contribution in [2.45, 2.75) is 38.0 Å². The lowest BCUT2D eigenvalue weighted by Crippen LogP contribution is -2.55. The molecule has 2 aliphatic rings. The standard InChI is InChI=1S/C33H33F2N7O6/c1-19-30-40-29(21-5-3-2-4-6-21)41-42(30)17-28(44)36-13-14-48-23-10-7-20(8-11-23)15-26(32(46)39-27(18-43)33(47)37-19)38-31(45)22-9-12-24(34)25(35)16-22/h2-12,16,19,26-27,43H,13-15,17-18H2,1H3,(H,36,44)(H,37,47)(H,38,45)(H,39,46)/t19-,26-,27-/m0/s1. The van der Waals surface area contributed by atoms with Gasteiger partial charge in [-0.05, 0) is 42.8 Å². The average molecular weight is 662 g/mol. The predicted molar refractivity (Wildman–Crippen MR) is 167 cm³/mol. The maximum atomic E-state index is 13.9. The second-order valence-corrected chi connectivity index (χ2v) is 11.0. The van der Waals surface area contributed by atoms with Gasteiger partial charge in [-0.15, -0.1) is 0 Å². The highest BCUT2D eigenvalue weighted by molar-refractivity contribution is 5.98. The Morgan fingerprint density at radius 1 is 1.00 bits per heavy atom. The third kappa shape index (κ3) is 8.36. The zero-order chi connectivity index (χ0) is 34.2. The fraction of sp³-hybridized carbons (Fsp3) is 0.273. The number of hydrogen-bond acceptors (Lipinski definition) is 8. The molecule has 3 atom stereocenters. The molecule has 0 aliphatic carbocycles. The number of aliphatic hydroxyl groups excluding tert-OH is 1. The molecule has 0 saturated heterocycles. The van der Waals surface area contributed by atoms with Crippen molar-refractivity contribution in [3.63, 3.8) is 0 Å². The highest BCUT2D eigenvalue weighted by Gasteiger charge is 2.29. The summed E-state index contributed by atoms with van der Waals surface area (Å²) in [5.74, 6) is -4.19. The molecule has 2 aliphatic heterocycles. The Morgan fingerprint density at radius 3 is 2.46 bits per heavy atom. The molecule has 0 radical (unpaired) electrons. The minimum absolute atomic E-state index is 0.0703. The van der Waals surface area contributed by atoms with E-state index >= 15 is 0 Å². The van der Waals surface area contributed by atoms with Crippen LogP contribution in [0.2, 0.25) is 0 Å². The van der Waals surface area contributed by atoms with Gasteiger partial charge in [0.1, 0.15) is 36.8 Å². The lowest BCUT2D eigenvalue weighted by atomic mass is 10.0. The molecule has 2 bridgehead atoms. The van der Waals surface area contributed by atoms with Crippen LogP contribution in [-0.2, 0) is 27.3 Å². The van der Waals surface area contributed by atoms with Crippen LogP contribution in [0.3, 0.4) is 0 Å². The van der Waals surface area contributed by atoms with E-state index in [2.05, 4.69) is 31.3 Å². The topological polar surface area (TPSA) is 177 Å². The number of ether oxygens (including phenoxy) is 1. The Labute approximate surface area is 273 Å². The van der Waals surface area contributed by atoms with Gasteiger partial charge in [-0.25, -0.2) is 18.4 Å². The Kier molecular flexibility index (Phi) is 10.7. The monoisotopic (exact) mass is 661 g/mol. The maximum Gasteiger partial charge on any atom is 0.252 e. The molecule has 0 fully saturated rings. The van der Waals surface area contributed by atoms with E-state index in [4.69, 9.17) is 4.74 Å². The number of hydrogen-bond donors (Lipinski definition) is 5. The lowest BCUT2D eigenvalue weighted by Gasteiger charge is -2.24. The summed E-state index contributed by atoms with van der Waals surface area (Å²) in [5.41, 5.74) is 1.04. The molecule has 13 nitrogen and oxygen atoms in total. The molecule has 4 aromatic rings. The van der Waals surface area contributed by atoms with Crippen LogP contribution in [0.15, 0.2) is 72.8 Å². The summed E-state index contributed by atoms with van der Waals surface area (Å²) in [6, 6.07) is 14.6. The van der Waals surface area contributed by atoms with Crippen molar-refractivity contribution in [3.05, 3.63) is 101 Å². The van der Waals surface area contributed by atoms with Gasteiger partial charge < -0.3 is 31.1 Å². The number of carbonyl (C=O) groups is 4.